The van der Waals surface area contributed by atoms with Gasteiger partial charge in [-0.05, 0) is 47.2 Å². The summed E-state index contributed by atoms with van der Waals surface area (Å²) in [4.78, 5) is 14.0. The number of amides is 1. The van der Waals surface area contributed by atoms with E-state index in [0.717, 1.165) is 15.2 Å². The molecule has 0 aliphatic rings. The van der Waals surface area contributed by atoms with Gasteiger partial charge in [-0.1, -0.05) is 40.2 Å². The third-order valence-corrected chi connectivity index (χ3v) is 4.45. The molecule has 0 N–H and O–H groups in total. The zero-order valence-electron chi connectivity index (χ0n) is 14.0. The molecule has 0 spiro atoms. The predicted octanol–water partition coefficient (Wildman–Crippen LogP) is 4.65. The number of anilines is 1. The molecular weight excluding hydrogens is 382 g/mol. The number of fused-ring (bicyclic) bond motifs is 1. The van der Waals surface area contributed by atoms with E-state index in [1.165, 1.54) is 4.90 Å². The van der Waals surface area contributed by atoms with Crippen LogP contribution in [0.15, 0.2) is 65.1 Å². The van der Waals surface area contributed by atoms with Gasteiger partial charge in [0.05, 0.1) is 12.8 Å². The Morgan fingerprint density at radius 3 is 2.56 bits per heavy atom. The number of halogens is 1. The first-order valence-corrected chi connectivity index (χ1v) is 8.59. The summed E-state index contributed by atoms with van der Waals surface area (Å²) < 4.78 is 12.0. The van der Waals surface area contributed by atoms with Gasteiger partial charge in [0.25, 0.3) is 5.91 Å². The van der Waals surface area contributed by atoms with Crippen molar-refractivity contribution >= 4 is 38.3 Å². The van der Waals surface area contributed by atoms with Crippen LogP contribution in [-0.2, 0) is 4.79 Å². The fourth-order valence-electron chi connectivity index (χ4n) is 2.57. The highest BCUT2D eigenvalue weighted by molar-refractivity contribution is 9.10. The van der Waals surface area contributed by atoms with E-state index >= 15 is 0 Å². The van der Waals surface area contributed by atoms with E-state index in [0.29, 0.717) is 17.2 Å². The lowest BCUT2D eigenvalue weighted by Gasteiger charge is -2.20. The molecule has 128 valence electrons. The summed E-state index contributed by atoms with van der Waals surface area (Å²) in [5.74, 6) is 1.16. The van der Waals surface area contributed by atoms with E-state index in [1.54, 1.807) is 14.2 Å². The topological polar surface area (TPSA) is 38.8 Å². The molecule has 0 saturated carbocycles. The molecule has 0 bridgehead atoms. The van der Waals surface area contributed by atoms with E-state index < -0.39 is 0 Å². The Balaban J connectivity index is 1.70. The van der Waals surface area contributed by atoms with E-state index in [4.69, 9.17) is 9.47 Å². The molecule has 0 fully saturated rings. The van der Waals surface area contributed by atoms with E-state index in [9.17, 15) is 4.79 Å². The zero-order valence-corrected chi connectivity index (χ0v) is 15.6. The summed E-state index contributed by atoms with van der Waals surface area (Å²) in [5.41, 5.74) is 0.710. The Morgan fingerprint density at radius 2 is 1.76 bits per heavy atom. The van der Waals surface area contributed by atoms with Crippen LogP contribution in [0.25, 0.3) is 10.8 Å². The molecule has 0 aliphatic heterocycles. The van der Waals surface area contributed by atoms with Crippen LogP contribution in [0.4, 0.5) is 5.69 Å². The quantitative estimate of drug-likeness (QED) is 0.626. The average molecular weight is 400 g/mol. The maximum absolute atomic E-state index is 12.4. The summed E-state index contributed by atoms with van der Waals surface area (Å²) in [6, 6.07) is 19.2. The molecule has 0 radical (unpaired) electrons. The van der Waals surface area contributed by atoms with Gasteiger partial charge in [-0.15, -0.1) is 0 Å². The smallest absolute Gasteiger partial charge is 0.264 e. The second-order valence-electron chi connectivity index (χ2n) is 5.57. The lowest BCUT2D eigenvalue weighted by atomic mass is 10.1. The molecule has 0 unspecified atom stereocenters. The minimum absolute atomic E-state index is 0.0451. The van der Waals surface area contributed by atoms with E-state index in [1.807, 2.05) is 60.7 Å². The number of rotatable bonds is 5. The lowest BCUT2D eigenvalue weighted by molar-refractivity contribution is -0.120. The van der Waals surface area contributed by atoms with Gasteiger partial charge in [0.15, 0.2) is 6.61 Å². The van der Waals surface area contributed by atoms with Gasteiger partial charge in [-0.2, -0.15) is 0 Å². The number of likely N-dealkylation sites (N-methyl/N-ethyl adjacent to an activating group) is 1. The molecule has 3 rings (SSSR count). The minimum atomic E-state index is -0.152. The first-order valence-electron chi connectivity index (χ1n) is 7.80. The third-order valence-electron chi connectivity index (χ3n) is 3.96. The van der Waals surface area contributed by atoms with Crippen LogP contribution in [-0.4, -0.2) is 26.7 Å². The van der Waals surface area contributed by atoms with Crippen molar-refractivity contribution in [2.45, 2.75) is 0 Å². The standard InChI is InChI=1S/C20H18BrNO3/c1-22(18-5-3-4-6-19(18)24-2)20(23)13-25-17-10-8-14-11-16(21)9-7-15(14)12-17/h3-12H,13H2,1-2H3. The van der Waals surface area contributed by atoms with Gasteiger partial charge in [-0.25, -0.2) is 0 Å². The SMILES string of the molecule is COc1ccccc1N(C)C(=O)COc1ccc2cc(Br)ccc2c1. The van der Waals surface area contributed by atoms with Crippen molar-refractivity contribution in [3.05, 3.63) is 65.1 Å². The molecule has 0 atom stereocenters. The fourth-order valence-corrected chi connectivity index (χ4v) is 2.95. The number of para-hydroxylation sites is 2. The highest BCUT2D eigenvalue weighted by atomic mass is 79.9. The predicted molar refractivity (Wildman–Crippen MR) is 104 cm³/mol. The summed E-state index contributed by atoms with van der Waals surface area (Å²) in [7, 11) is 3.29. The van der Waals surface area contributed by atoms with Crippen LogP contribution in [0.3, 0.4) is 0 Å². The molecule has 5 heteroatoms. The van der Waals surface area contributed by atoms with Gasteiger partial charge >= 0.3 is 0 Å². The minimum Gasteiger partial charge on any atom is -0.495 e. The fraction of sp³-hybridized carbons (Fsp3) is 0.150. The number of hydrogen-bond donors (Lipinski definition) is 0. The van der Waals surface area contributed by atoms with Gasteiger partial charge in [-0.3, -0.25) is 4.79 Å². The Labute approximate surface area is 155 Å². The number of methoxy groups -OCH3 is 1. The Hall–Kier alpha value is -2.53. The first kappa shape index (κ1) is 17.3. The van der Waals surface area contributed by atoms with Crippen molar-refractivity contribution in [3.8, 4) is 11.5 Å². The lowest BCUT2D eigenvalue weighted by Crippen LogP contribution is -2.31. The monoisotopic (exact) mass is 399 g/mol. The number of hydrogen-bond acceptors (Lipinski definition) is 3. The second kappa shape index (κ2) is 7.57. The molecule has 3 aromatic rings. The Morgan fingerprint density at radius 1 is 1.04 bits per heavy atom. The van der Waals surface area contributed by atoms with Crippen LogP contribution in [0.2, 0.25) is 0 Å². The number of ether oxygens (including phenoxy) is 2. The van der Waals surface area contributed by atoms with Gasteiger partial charge in [0.1, 0.15) is 11.5 Å². The van der Waals surface area contributed by atoms with Crippen LogP contribution >= 0.6 is 15.9 Å². The zero-order chi connectivity index (χ0) is 17.8. The summed E-state index contributed by atoms with van der Waals surface area (Å²) >= 11 is 3.46. The molecule has 25 heavy (non-hydrogen) atoms. The van der Waals surface area contributed by atoms with Crippen LogP contribution in [0.1, 0.15) is 0 Å². The molecule has 0 heterocycles. The molecule has 3 aromatic carbocycles. The maximum atomic E-state index is 12.4. The van der Waals surface area contributed by atoms with Gasteiger partial charge in [0, 0.05) is 11.5 Å². The number of carbonyl (C=O) groups is 1. The number of nitrogens with zero attached hydrogens (tertiary/aromatic N) is 1. The Bertz CT molecular complexity index is 910. The van der Waals surface area contributed by atoms with Crippen LogP contribution in [0, 0.1) is 0 Å². The molecule has 4 nitrogen and oxygen atoms in total. The van der Waals surface area contributed by atoms with Crippen molar-refractivity contribution < 1.29 is 14.3 Å². The highest BCUT2D eigenvalue weighted by Gasteiger charge is 2.15. The summed E-state index contributed by atoms with van der Waals surface area (Å²) in [6.45, 7) is -0.0451. The molecular formula is C20H18BrNO3. The maximum Gasteiger partial charge on any atom is 0.264 e. The number of carbonyl (C=O) groups excluding carboxylic acids is 1. The van der Waals surface area contributed by atoms with Crippen LogP contribution < -0.4 is 14.4 Å². The highest BCUT2D eigenvalue weighted by Crippen LogP contribution is 2.27. The van der Waals surface area contributed by atoms with Crippen molar-refractivity contribution in [3.63, 3.8) is 0 Å². The van der Waals surface area contributed by atoms with Crippen molar-refractivity contribution in [2.24, 2.45) is 0 Å². The van der Waals surface area contributed by atoms with Gasteiger partial charge < -0.3 is 14.4 Å². The Kier molecular flexibility index (Phi) is 5.24. The third kappa shape index (κ3) is 3.94. The first-order chi connectivity index (χ1) is 12.1. The molecule has 0 saturated heterocycles. The normalized spacial score (nSPS) is 10.5. The van der Waals surface area contributed by atoms with Crippen LogP contribution in [0.5, 0.6) is 11.5 Å². The van der Waals surface area contributed by atoms with Crippen molar-refractivity contribution in [1.29, 1.82) is 0 Å². The molecule has 0 aliphatic carbocycles. The van der Waals surface area contributed by atoms with E-state index in [-0.39, 0.29) is 12.5 Å². The van der Waals surface area contributed by atoms with Crippen molar-refractivity contribution in [1.82, 2.24) is 0 Å². The van der Waals surface area contributed by atoms with Gasteiger partial charge in [0.2, 0.25) is 0 Å². The molecule has 0 aromatic heterocycles. The van der Waals surface area contributed by atoms with Crippen molar-refractivity contribution in [2.75, 3.05) is 25.7 Å². The van der Waals surface area contributed by atoms with E-state index in [2.05, 4.69) is 15.9 Å². The summed E-state index contributed by atoms with van der Waals surface area (Å²) in [6.07, 6.45) is 0. The summed E-state index contributed by atoms with van der Waals surface area (Å²) in [5, 5.41) is 2.17. The molecule has 1 amide bonds. The average Bonchev–Trinajstić information content (AvgIpc) is 2.65. The number of benzene rings is 3. The second-order valence-corrected chi connectivity index (χ2v) is 6.48. The largest absolute Gasteiger partial charge is 0.495 e.